The van der Waals surface area contributed by atoms with Crippen LogP contribution in [0.2, 0.25) is 0 Å². The van der Waals surface area contributed by atoms with E-state index in [9.17, 15) is 14.3 Å². The standard InChI is InChI=1S/C30H36FN5O5/c1-4-22-23(31)7-6-18-12-20(37)14-25(26(18)22)36-16-24-27(29(36)38)28(35-8-5-10-40-11-9-35)33-30(32-24)41-17-19-13-21(39-3)15-34(19)2/h6-7,12,14,19,21,37H,4-5,8-11,13,15-17H2,1-3H3. The first-order valence-electron chi connectivity index (χ1n) is 14.2. The van der Waals surface area contributed by atoms with Gasteiger partial charge in [0.25, 0.3) is 5.91 Å². The first kappa shape index (κ1) is 27.6. The van der Waals surface area contributed by atoms with E-state index in [1.54, 1.807) is 24.1 Å². The summed E-state index contributed by atoms with van der Waals surface area (Å²) in [7, 11) is 3.77. The van der Waals surface area contributed by atoms with E-state index in [0.29, 0.717) is 78.4 Å². The third-order valence-corrected chi connectivity index (χ3v) is 8.40. The Morgan fingerprint density at radius 1 is 1.20 bits per heavy atom. The number of carbonyl (C=O) groups is 1. The number of benzene rings is 2. The number of likely N-dealkylation sites (tertiary alicyclic amines) is 1. The summed E-state index contributed by atoms with van der Waals surface area (Å²) in [6.07, 6.45) is 2.24. The van der Waals surface area contributed by atoms with Crippen molar-refractivity contribution in [1.82, 2.24) is 14.9 Å². The number of nitrogens with zero attached hydrogens (tertiary/aromatic N) is 5. The molecule has 0 radical (unpaired) electrons. The van der Waals surface area contributed by atoms with Gasteiger partial charge in [0.1, 0.15) is 29.6 Å². The van der Waals surface area contributed by atoms with E-state index in [0.717, 1.165) is 19.4 Å². The number of methoxy groups -OCH3 is 1. The Labute approximate surface area is 238 Å². The van der Waals surface area contributed by atoms with E-state index in [2.05, 4.69) is 9.80 Å². The summed E-state index contributed by atoms with van der Waals surface area (Å²) in [5.74, 6) is -0.114. The molecule has 1 amide bonds. The van der Waals surface area contributed by atoms with Gasteiger partial charge in [-0.15, -0.1) is 0 Å². The summed E-state index contributed by atoms with van der Waals surface area (Å²) in [6.45, 7) is 5.67. The van der Waals surface area contributed by atoms with Crippen LogP contribution in [0, 0.1) is 5.82 Å². The monoisotopic (exact) mass is 565 g/mol. The number of ether oxygens (including phenoxy) is 3. The molecule has 1 aromatic heterocycles. The van der Waals surface area contributed by atoms with E-state index in [1.807, 2.05) is 14.0 Å². The Hall–Kier alpha value is -3.54. The lowest BCUT2D eigenvalue weighted by atomic mass is 9.99. The molecule has 4 heterocycles. The van der Waals surface area contributed by atoms with Crippen LogP contribution in [-0.4, -0.2) is 91.6 Å². The molecule has 3 aliphatic heterocycles. The molecule has 1 N–H and O–H groups in total. The van der Waals surface area contributed by atoms with Gasteiger partial charge in [-0.3, -0.25) is 9.69 Å². The van der Waals surface area contributed by atoms with Crippen molar-refractivity contribution in [3.05, 3.63) is 46.9 Å². The summed E-state index contributed by atoms with van der Waals surface area (Å²) in [5.41, 5.74) is 1.89. The van der Waals surface area contributed by atoms with Crippen LogP contribution in [0.4, 0.5) is 15.9 Å². The van der Waals surface area contributed by atoms with Crippen LogP contribution >= 0.6 is 0 Å². The molecule has 2 aromatic carbocycles. The Kier molecular flexibility index (Phi) is 7.67. The quantitative estimate of drug-likeness (QED) is 0.461. The number of hydrogen-bond acceptors (Lipinski definition) is 9. The van der Waals surface area contributed by atoms with Crippen molar-refractivity contribution >= 4 is 28.2 Å². The lowest BCUT2D eigenvalue weighted by molar-refractivity contribution is 0.0996. The average Bonchev–Trinajstić information content (AvgIpc) is 3.35. The van der Waals surface area contributed by atoms with Crippen molar-refractivity contribution in [2.24, 2.45) is 0 Å². The van der Waals surface area contributed by atoms with Gasteiger partial charge in [0.2, 0.25) is 0 Å². The third-order valence-electron chi connectivity index (χ3n) is 8.40. The first-order chi connectivity index (χ1) is 19.9. The summed E-state index contributed by atoms with van der Waals surface area (Å²) < 4.78 is 32.3. The van der Waals surface area contributed by atoms with Crippen LogP contribution in [0.15, 0.2) is 24.3 Å². The van der Waals surface area contributed by atoms with Gasteiger partial charge in [0.05, 0.1) is 30.6 Å². The number of phenolic OH excluding ortho intramolecular Hbond substituents is 1. The highest BCUT2D eigenvalue weighted by atomic mass is 19.1. The fourth-order valence-corrected chi connectivity index (χ4v) is 6.21. The van der Waals surface area contributed by atoms with Crippen LogP contribution < -0.4 is 14.5 Å². The molecule has 0 saturated carbocycles. The molecule has 2 saturated heterocycles. The maximum absolute atomic E-state index is 14.9. The number of amides is 1. The van der Waals surface area contributed by atoms with Crippen molar-refractivity contribution in [3.8, 4) is 11.8 Å². The highest BCUT2D eigenvalue weighted by Gasteiger charge is 2.38. The number of likely N-dealkylation sites (N-methyl/N-ethyl adjacent to an activating group) is 1. The Morgan fingerprint density at radius 3 is 2.83 bits per heavy atom. The Balaban J connectivity index is 1.39. The number of aromatic nitrogens is 2. The molecule has 3 aromatic rings. The van der Waals surface area contributed by atoms with Crippen LogP contribution in [0.3, 0.4) is 0 Å². The van der Waals surface area contributed by atoms with Gasteiger partial charge in [-0.1, -0.05) is 13.0 Å². The molecular formula is C30H36FN5O5. The largest absolute Gasteiger partial charge is 0.508 e. The number of aromatic hydroxyl groups is 1. The molecule has 41 heavy (non-hydrogen) atoms. The molecule has 0 aliphatic carbocycles. The molecule has 10 nitrogen and oxygen atoms in total. The van der Waals surface area contributed by atoms with Gasteiger partial charge >= 0.3 is 6.01 Å². The summed E-state index contributed by atoms with van der Waals surface area (Å²) >= 11 is 0. The molecule has 0 bridgehead atoms. The SMILES string of the molecule is CCc1c(F)ccc2cc(O)cc(N3Cc4nc(OCC5CC(OC)CN5C)nc(N5CCCOCC5)c4C3=O)c12. The normalized spacial score (nSPS) is 21.5. The molecule has 2 unspecified atom stereocenters. The second kappa shape index (κ2) is 11.4. The number of halogens is 1. The van der Waals surface area contributed by atoms with Crippen molar-refractivity contribution < 1.29 is 28.5 Å². The molecule has 2 atom stereocenters. The predicted molar refractivity (Wildman–Crippen MR) is 152 cm³/mol. The van der Waals surface area contributed by atoms with E-state index in [-0.39, 0.29) is 42.2 Å². The van der Waals surface area contributed by atoms with Gasteiger partial charge in [-0.25, -0.2) is 4.39 Å². The minimum atomic E-state index is -0.343. The maximum Gasteiger partial charge on any atom is 0.318 e. The third kappa shape index (κ3) is 5.18. The van der Waals surface area contributed by atoms with Crippen LogP contribution in [0.1, 0.15) is 41.4 Å². The fraction of sp³-hybridized carbons (Fsp3) is 0.500. The van der Waals surface area contributed by atoms with Crippen LogP contribution in [-0.2, 0) is 22.4 Å². The second-order valence-electron chi connectivity index (χ2n) is 10.9. The van der Waals surface area contributed by atoms with Crippen LogP contribution in [0.5, 0.6) is 11.8 Å². The number of anilines is 2. The molecule has 11 heteroatoms. The summed E-state index contributed by atoms with van der Waals surface area (Å²) in [4.78, 5) is 29.4. The minimum Gasteiger partial charge on any atom is -0.508 e. The molecule has 2 fully saturated rings. The number of fused-ring (bicyclic) bond motifs is 2. The number of phenols is 1. The van der Waals surface area contributed by atoms with Crippen LogP contribution in [0.25, 0.3) is 10.8 Å². The number of hydrogen-bond donors (Lipinski definition) is 1. The van der Waals surface area contributed by atoms with Gasteiger partial charge < -0.3 is 29.1 Å². The number of carbonyl (C=O) groups excluding carboxylic acids is 1. The van der Waals surface area contributed by atoms with Gasteiger partial charge in [0.15, 0.2) is 0 Å². The smallest absolute Gasteiger partial charge is 0.318 e. The van der Waals surface area contributed by atoms with E-state index in [1.165, 1.54) is 12.1 Å². The molecule has 3 aliphatic rings. The number of aryl methyl sites for hydroxylation is 1. The van der Waals surface area contributed by atoms with Crippen molar-refractivity contribution in [2.45, 2.75) is 44.9 Å². The zero-order valence-corrected chi connectivity index (χ0v) is 23.7. The highest BCUT2D eigenvalue weighted by Crippen LogP contribution is 2.41. The minimum absolute atomic E-state index is 0.0000364. The lowest BCUT2D eigenvalue weighted by Crippen LogP contribution is -2.32. The van der Waals surface area contributed by atoms with Crippen molar-refractivity contribution in [2.75, 3.05) is 63.4 Å². The van der Waals surface area contributed by atoms with E-state index >= 15 is 0 Å². The number of rotatable bonds is 7. The highest BCUT2D eigenvalue weighted by molar-refractivity contribution is 6.16. The van der Waals surface area contributed by atoms with E-state index < -0.39 is 0 Å². The molecule has 0 spiro atoms. The van der Waals surface area contributed by atoms with Crippen molar-refractivity contribution in [1.29, 1.82) is 0 Å². The predicted octanol–water partition coefficient (Wildman–Crippen LogP) is 3.52. The molecular weight excluding hydrogens is 529 g/mol. The lowest BCUT2D eigenvalue weighted by Gasteiger charge is -2.24. The Morgan fingerprint density at radius 2 is 2.05 bits per heavy atom. The van der Waals surface area contributed by atoms with Gasteiger partial charge in [-0.2, -0.15) is 9.97 Å². The maximum atomic E-state index is 14.9. The molecule has 218 valence electrons. The Bertz CT molecular complexity index is 1460. The first-order valence-corrected chi connectivity index (χ1v) is 14.2. The topological polar surface area (TPSA) is 100 Å². The van der Waals surface area contributed by atoms with Crippen molar-refractivity contribution in [3.63, 3.8) is 0 Å². The van der Waals surface area contributed by atoms with E-state index in [4.69, 9.17) is 24.2 Å². The summed E-state index contributed by atoms with van der Waals surface area (Å²) in [6, 6.07) is 6.52. The molecule has 6 rings (SSSR count). The van der Waals surface area contributed by atoms with Gasteiger partial charge in [-0.05, 0) is 49.4 Å². The summed E-state index contributed by atoms with van der Waals surface area (Å²) in [5, 5.41) is 11.8. The van der Waals surface area contributed by atoms with Gasteiger partial charge in [0, 0.05) is 50.8 Å². The second-order valence-corrected chi connectivity index (χ2v) is 10.9. The fourth-order valence-electron chi connectivity index (χ4n) is 6.21. The zero-order valence-electron chi connectivity index (χ0n) is 23.7. The zero-order chi connectivity index (χ0) is 28.7. The average molecular weight is 566 g/mol.